The molecule has 1 fully saturated rings. The summed E-state index contributed by atoms with van der Waals surface area (Å²) >= 11 is 5.89. The number of hydrogen-bond acceptors (Lipinski definition) is 3. The molecule has 2 rings (SSSR count). The first-order chi connectivity index (χ1) is 8.10. The third-order valence-corrected chi connectivity index (χ3v) is 3.03. The second-order valence-electron chi connectivity index (χ2n) is 4.09. The SMILES string of the molecule is COc1ccc(Cl)cc1CC(=O)N1CC(O)C1. The quantitative estimate of drug-likeness (QED) is 0.880. The molecule has 92 valence electrons. The van der Waals surface area contributed by atoms with Gasteiger partial charge in [-0.1, -0.05) is 11.6 Å². The Labute approximate surface area is 105 Å². The maximum absolute atomic E-state index is 11.8. The number of aliphatic hydroxyl groups excluding tert-OH is 1. The molecule has 5 heteroatoms. The highest BCUT2D eigenvalue weighted by molar-refractivity contribution is 6.30. The number of amides is 1. The molecule has 1 aliphatic heterocycles. The smallest absolute Gasteiger partial charge is 0.227 e. The van der Waals surface area contributed by atoms with Gasteiger partial charge in [0.1, 0.15) is 5.75 Å². The predicted octanol–water partition coefficient (Wildman–Crippen LogP) is 1.09. The lowest BCUT2D eigenvalue weighted by atomic mass is 10.1. The summed E-state index contributed by atoms with van der Waals surface area (Å²) in [7, 11) is 1.56. The average Bonchev–Trinajstić information content (AvgIpc) is 2.25. The van der Waals surface area contributed by atoms with Crippen LogP contribution in [0.3, 0.4) is 0 Å². The van der Waals surface area contributed by atoms with Crippen LogP contribution in [0, 0.1) is 0 Å². The van der Waals surface area contributed by atoms with E-state index in [4.69, 9.17) is 21.4 Å². The van der Waals surface area contributed by atoms with Crippen molar-refractivity contribution in [1.82, 2.24) is 4.90 Å². The first kappa shape index (κ1) is 12.2. The van der Waals surface area contributed by atoms with Crippen molar-refractivity contribution in [3.63, 3.8) is 0 Å². The van der Waals surface area contributed by atoms with Gasteiger partial charge in [-0.05, 0) is 18.2 Å². The van der Waals surface area contributed by atoms with Gasteiger partial charge < -0.3 is 14.7 Å². The van der Waals surface area contributed by atoms with Gasteiger partial charge in [-0.2, -0.15) is 0 Å². The molecule has 0 spiro atoms. The second kappa shape index (κ2) is 4.94. The van der Waals surface area contributed by atoms with Crippen LogP contribution in [0.2, 0.25) is 5.02 Å². The van der Waals surface area contributed by atoms with Gasteiger partial charge in [0.05, 0.1) is 19.6 Å². The van der Waals surface area contributed by atoms with E-state index in [1.54, 1.807) is 30.2 Å². The number of ether oxygens (including phenoxy) is 1. The number of carbonyl (C=O) groups is 1. The van der Waals surface area contributed by atoms with Crippen LogP contribution in [-0.4, -0.2) is 42.2 Å². The van der Waals surface area contributed by atoms with Crippen molar-refractivity contribution in [2.75, 3.05) is 20.2 Å². The van der Waals surface area contributed by atoms with E-state index in [-0.39, 0.29) is 18.4 Å². The number of likely N-dealkylation sites (tertiary alicyclic amines) is 1. The number of hydrogen-bond donors (Lipinski definition) is 1. The van der Waals surface area contributed by atoms with Crippen LogP contribution in [0.15, 0.2) is 18.2 Å². The fourth-order valence-corrected chi connectivity index (χ4v) is 2.01. The third kappa shape index (κ3) is 2.70. The zero-order valence-corrected chi connectivity index (χ0v) is 10.3. The zero-order chi connectivity index (χ0) is 12.4. The largest absolute Gasteiger partial charge is 0.496 e. The molecule has 1 amide bonds. The van der Waals surface area contributed by atoms with Crippen molar-refractivity contribution in [1.29, 1.82) is 0 Å². The van der Waals surface area contributed by atoms with E-state index in [0.717, 1.165) is 5.56 Å². The van der Waals surface area contributed by atoms with Gasteiger partial charge in [-0.3, -0.25) is 4.79 Å². The predicted molar refractivity (Wildman–Crippen MR) is 64.3 cm³/mol. The Bertz CT molecular complexity index is 430. The first-order valence-electron chi connectivity index (χ1n) is 5.38. The van der Waals surface area contributed by atoms with Crippen LogP contribution in [0.25, 0.3) is 0 Å². The van der Waals surface area contributed by atoms with E-state index < -0.39 is 0 Å². The minimum atomic E-state index is -0.375. The Balaban J connectivity index is 2.07. The highest BCUT2D eigenvalue weighted by Gasteiger charge is 2.28. The fourth-order valence-electron chi connectivity index (χ4n) is 1.82. The molecule has 1 aliphatic rings. The summed E-state index contributed by atoms with van der Waals surface area (Å²) in [6, 6.07) is 5.20. The van der Waals surface area contributed by atoms with Crippen LogP contribution in [0.4, 0.5) is 0 Å². The normalized spacial score (nSPS) is 15.6. The molecule has 0 aromatic heterocycles. The number of methoxy groups -OCH3 is 1. The number of β-amino-alcohol motifs (C(OH)–C–C–N with tert-alkyl or cyclic N) is 1. The van der Waals surface area contributed by atoms with Gasteiger partial charge >= 0.3 is 0 Å². The van der Waals surface area contributed by atoms with Crippen molar-refractivity contribution in [3.8, 4) is 5.75 Å². The number of benzene rings is 1. The zero-order valence-electron chi connectivity index (χ0n) is 9.52. The van der Waals surface area contributed by atoms with Crippen molar-refractivity contribution in [2.45, 2.75) is 12.5 Å². The highest BCUT2D eigenvalue weighted by Crippen LogP contribution is 2.24. The molecule has 17 heavy (non-hydrogen) atoms. The van der Waals surface area contributed by atoms with E-state index in [0.29, 0.717) is 23.9 Å². The molecule has 1 heterocycles. The molecule has 0 unspecified atom stereocenters. The molecular weight excluding hydrogens is 242 g/mol. The molecule has 1 aromatic rings. The minimum Gasteiger partial charge on any atom is -0.496 e. The fraction of sp³-hybridized carbons (Fsp3) is 0.417. The number of carbonyl (C=O) groups excluding carboxylic acids is 1. The molecule has 1 aromatic carbocycles. The monoisotopic (exact) mass is 255 g/mol. The van der Waals surface area contributed by atoms with Crippen LogP contribution < -0.4 is 4.74 Å². The Kier molecular flexibility index (Phi) is 3.54. The lowest BCUT2D eigenvalue weighted by molar-refractivity contribution is -0.140. The van der Waals surface area contributed by atoms with E-state index in [2.05, 4.69) is 0 Å². The van der Waals surface area contributed by atoms with E-state index in [1.807, 2.05) is 0 Å². The van der Waals surface area contributed by atoms with E-state index in [1.165, 1.54) is 0 Å². The molecule has 0 bridgehead atoms. The third-order valence-electron chi connectivity index (χ3n) is 2.80. The van der Waals surface area contributed by atoms with Gasteiger partial charge in [0.15, 0.2) is 0 Å². The Hall–Kier alpha value is -1.26. The molecule has 0 radical (unpaired) electrons. The lowest BCUT2D eigenvalue weighted by Crippen LogP contribution is -2.53. The summed E-state index contributed by atoms with van der Waals surface area (Å²) in [6.07, 6.45) is -0.128. The van der Waals surface area contributed by atoms with E-state index in [9.17, 15) is 4.79 Å². The highest BCUT2D eigenvalue weighted by atomic mass is 35.5. The van der Waals surface area contributed by atoms with Gasteiger partial charge in [0.25, 0.3) is 0 Å². The van der Waals surface area contributed by atoms with Gasteiger partial charge in [-0.25, -0.2) is 0 Å². The lowest BCUT2D eigenvalue weighted by Gasteiger charge is -2.36. The second-order valence-corrected chi connectivity index (χ2v) is 4.52. The molecule has 0 atom stereocenters. The summed E-state index contributed by atoms with van der Waals surface area (Å²) in [5, 5.41) is 9.72. The van der Waals surface area contributed by atoms with Gasteiger partial charge in [-0.15, -0.1) is 0 Å². The number of nitrogens with zero attached hydrogens (tertiary/aromatic N) is 1. The summed E-state index contributed by atoms with van der Waals surface area (Å²) < 4.78 is 5.17. The van der Waals surface area contributed by atoms with Gasteiger partial charge in [0, 0.05) is 23.7 Å². The van der Waals surface area contributed by atoms with Crippen molar-refractivity contribution in [3.05, 3.63) is 28.8 Å². The van der Waals surface area contributed by atoms with Crippen LogP contribution in [-0.2, 0) is 11.2 Å². The topological polar surface area (TPSA) is 49.8 Å². The molecule has 1 N–H and O–H groups in total. The number of rotatable bonds is 3. The summed E-state index contributed by atoms with van der Waals surface area (Å²) in [5.41, 5.74) is 0.770. The standard InChI is InChI=1S/C12H14ClNO3/c1-17-11-3-2-9(13)4-8(11)5-12(16)14-6-10(15)7-14/h2-4,10,15H,5-7H2,1H3. The summed E-state index contributed by atoms with van der Waals surface area (Å²) in [6.45, 7) is 0.837. The van der Waals surface area contributed by atoms with Crippen LogP contribution in [0.1, 0.15) is 5.56 Å². The Morgan fingerprint density at radius 2 is 2.29 bits per heavy atom. The number of halogens is 1. The minimum absolute atomic E-state index is 0.0177. The average molecular weight is 256 g/mol. The first-order valence-corrected chi connectivity index (χ1v) is 5.76. The maximum atomic E-state index is 11.8. The molecule has 1 saturated heterocycles. The van der Waals surface area contributed by atoms with Gasteiger partial charge in [0.2, 0.25) is 5.91 Å². The van der Waals surface area contributed by atoms with Crippen molar-refractivity contribution in [2.24, 2.45) is 0 Å². The maximum Gasteiger partial charge on any atom is 0.227 e. The Morgan fingerprint density at radius 1 is 1.59 bits per heavy atom. The number of aliphatic hydroxyl groups is 1. The molecule has 4 nitrogen and oxygen atoms in total. The van der Waals surface area contributed by atoms with Crippen molar-refractivity contribution >= 4 is 17.5 Å². The van der Waals surface area contributed by atoms with Crippen LogP contribution >= 0.6 is 11.6 Å². The van der Waals surface area contributed by atoms with E-state index >= 15 is 0 Å². The Morgan fingerprint density at radius 3 is 2.88 bits per heavy atom. The molecule has 0 aliphatic carbocycles. The molecular formula is C12H14ClNO3. The summed E-state index contributed by atoms with van der Waals surface area (Å²) in [5.74, 6) is 0.639. The van der Waals surface area contributed by atoms with Crippen molar-refractivity contribution < 1.29 is 14.6 Å². The summed E-state index contributed by atoms with van der Waals surface area (Å²) in [4.78, 5) is 13.5. The van der Waals surface area contributed by atoms with Crippen LogP contribution in [0.5, 0.6) is 5.75 Å². The molecule has 0 saturated carbocycles.